The van der Waals surface area contributed by atoms with E-state index in [0.717, 1.165) is 16.9 Å². The Labute approximate surface area is 195 Å². The molecule has 2 rings (SSSR count). The summed E-state index contributed by atoms with van der Waals surface area (Å²) in [5.41, 5.74) is 1.88. The minimum Gasteiger partial charge on any atom is -0.497 e. The summed E-state index contributed by atoms with van der Waals surface area (Å²) in [6.45, 7) is 1.55. The molecule has 0 saturated heterocycles. The van der Waals surface area contributed by atoms with Crippen molar-refractivity contribution in [2.45, 2.75) is 18.0 Å². The number of hydrogen-bond donors (Lipinski definition) is 3. The molecule has 0 atom stereocenters. The van der Waals surface area contributed by atoms with Gasteiger partial charge in [0.05, 0.1) is 18.6 Å². The Balaban J connectivity index is 0.00000450. The van der Waals surface area contributed by atoms with Gasteiger partial charge in [0.15, 0.2) is 5.96 Å². The molecule has 0 aliphatic rings. The van der Waals surface area contributed by atoms with Crippen molar-refractivity contribution < 1.29 is 17.9 Å². The van der Waals surface area contributed by atoms with E-state index < -0.39 is 10.0 Å². The smallest absolute Gasteiger partial charge is 0.240 e. The predicted molar refractivity (Wildman–Crippen MR) is 129 cm³/mol. The van der Waals surface area contributed by atoms with Crippen LogP contribution in [0.15, 0.2) is 58.4 Å². The first kappa shape index (κ1) is 26.1. The van der Waals surface area contributed by atoms with E-state index >= 15 is 0 Å². The van der Waals surface area contributed by atoms with Gasteiger partial charge in [-0.05, 0) is 35.4 Å². The lowest BCUT2D eigenvalue weighted by Gasteiger charge is -2.13. The van der Waals surface area contributed by atoms with Crippen molar-refractivity contribution in [2.75, 3.05) is 34.4 Å². The molecule has 8 nitrogen and oxygen atoms in total. The van der Waals surface area contributed by atoms with Crippen LogP contribution in [0.4, 0.5) is 0 Å². The lowest BCUT2D eigenvalue weighted by atomic mass is 10.2. The predicted octanol–water partition coefficient (Wildman–Crippen LogP) is 2.10. The molecule has 0 bridgehead atoms. The van der Waals surface area contributed by atoms with Crippen LogP contribution in [0.5, 0.6) is 5.75 Å². The van der Waals surface area contributed by atoms with Crippen LogP contribution in [0.3, 0.4) is 0 Å². The van der Waals surface area contributed by atoms with Crippen LogP contribution in [0.2, 0.25) is 0 Å². The van der Waals surface area contributed by atoms with Crippen LogP contribution < -0.4 is 20.1 Å². The van der Waals surface area contributed by atoms with Gasteiger partial charge in [0.1, 0.15) is 5.75 Å². The van der Waals surface area contributed by atoms with Crippen LogP contribution in [0.25, 0.3) is 0 Å². The second-order valence-corrected chi connectivity index (χ2v) is 7.94. The highest BCUT2D eigenvalue weighted by Crippen LogP contribution is 2.13. The zero-order valence-corrected chi connectivity index (χ0v) is 20.5. The van der Waals surface area contributed by atoms with Crippen LogP contribution in [-0.4, -0.2) is 48.8 Å². The zero-order valence-electron chi connectivity index (χ0n) is 17.3. The second-order valence-electron chi connectivity index (χ2n) is 6.17. The van der Waals surface area contributed by atoms with Crippen molar-refractivity contribution in [3.05, 3.63) is 59.7 Å². The number of rotatable bonds is 10. The van der Waals surface area contributed by atoms with Gasteiger partial charge in [0.2, 0.25) is 10.0 Å². The Morgan fingerprint density at radius 3 is 2.23 bits per heavy atom. The summed E-state index contributed by atoms with van der Waals surface area (Å²) in [5.74, 6) is 1.41. The molecule has 0 saturated carbocycles. The third-order valence-electron chi connectivity index (χ3n) is 4.08. The first-order chi connectivity index (χ1) is 14.0. The Hall–Kier alpha value is -1.89. The number of sulfonamides is 1. The Morgan fingerprint density at radius 2 is 1.63 bits per heavy atom. The highest BCUT2D eigenvalue weighted by molar-refractivity contribution is 14.0. The molecule has 0 fully saturated rings. The lowest BCUT2D eigenvalue weighted by Crippen LogP contribution is -2.36. The molecule has 0 unspecified atom stereocenters. The van der Waals surface area contributed by atoms with Gasteiger partial charge in [0.25, 0.3) is 0 Å². The van der Waals surface area contributed by atoms with E-state index in [-0.39, 0.29) is 35.4 Å². The Bertz CT molecular complexity index is 923. The number of ether oxygens (including phenoxy) is 2. The van der Waals surface area contributed by atoms with E-state index in [2.05, 4.69) is 20.3 Å². The number of benzene rings is 2. The molecule has 30 heavy (non-hydrogen) atoms. The molecule has 0 spiro atoms. The maximum Gasteiger partial charge on any atom is 0.240 e. The molecule has 0 radical (unpaired) electrons. The second kappa shape index (κ2) is 13.4. The van der Waals surface area contributed by atoms with Gasteiger partial charge in [0, 0.05) is 33.8 Å². The number of methoxy groups -OCH3 is 2. The number of nitrogens with one attached hydrogen (secondary N) is 3. The maximum atomic E-state index is 12.3. The molecule has 0 heterocycles. The zero-order chi connectivity index (χ0) is 21.1. The highest BCUT2D eigenvalue weighted by Gasteiger charge is 2.13. The van der Waals surface area contributed by atoms with Crippen LogP contribution in [0.1, 0.15) is 11.1 Å². The van der Waals surface area contributed by atoms with E-state index in [1.807, 2.05) is 30.3 Å². The van der Waals surface area contributed by atoms with Gasteiger partial charge in [-0.3, -0.25) is 4.99 Å². The van der Waals surface area contributed by atoms with E-state index in [1.165, 1.54) is 7.11 Å². The summed E-state index contributed by atoms with van der Waals surface area (Å²) in [6.07, 6.45) is 0. The fourth-order valence-corrected chi connectivity index (χ4v) is 3.64. The van der Waals surface area contributed by atoms with Crippen LogP contribution in [-0.2, 0) is 27.8 Å². The molecule has 2 aromatic carbocycles. The van der Waals surface area contributed by atoms with E-state index in [9.17, 15) is 8.42 Å². The largest absolute Gasteiger partial charge is 0.497 e. The highest BCUT2D eigenvalue weighted by atomic mass is 127. The van der Waals surface area contributed by atoms with E-state index in [0.29, 0.717) is 25.7 Å². The summed E-state index contributed by atoms with van der Waals surface area (Å²) in [5, 5.41) is 6.41. The van der Waals surface area contributed by atoms with Gasteiger partial charge in [-0.25, -0.2) is 13.1 Å². The van der Waals surface area contributed by atoms with Gasteiger partial charge in [-0.1, -0.05) is 24.3 Å². The number of hydrogen-bond acceptors (Lipinski definition) is 5. The summed E-state index contributed by atoms with van der Waals surface area (Å²) in [7, 11) is 1.27. The lowest BCUT2D eigenvalue weighted by molar-refractivity contribution is 0.204. The number of nitrogens with zero attached hydrogens (tertiary/aromatic N) is 1. The minimum absolute atomic E-state index is 0. The Kier molecular flexibility index (Phi) is 11.7. The monoisotopic (exact) mass is 548 g/mol. The van der Waals surface area contributed by atoms with E-state index in [1.54, 1.807) is 32.4 Å². The van der Waals surface area contributed by atoms with Crippen molar-refractivity contribution in [3.63, 3.8) is 0 Å². The van der Waals surface area contributed by atoms with Crippen molar-refractivity contribution in [2.24, 2.45) is 4.99 Å². The molecular weight excluding hydrogens is 519 g/mol. The van der Waals surface area contributed by atoms with Gasteiger partial charge in [-0.15, -0.1) is 24.0 Å². The molecular formula is C20H29IN4O4S. The average Bonchev–Trinajstić information content (AvgIpc) is 2.74. The number of halogens is 1. The number of guanidine groups is 1. The molecule has 10 heteroatoms. The van der Waals surface area contributed by atoms with Gasteiger partial charge >= 0.3 is 0 Å². The normalized spacial score (nSPS) is 11.5. The fraction of sp³-hybridized carbons (Fsp3) is 0.350. The van der Waals surface area contributed by atoms with Gasteiger partial charge < -0.3 is 20.1 Å². The quantitative estimate of drug-likeness (QED) is 0.182. The molecule has 0 aliphatic heterocycles. The molecule has 166 valence electrons. The molecule has 0 amide bonds. The van der Waals surface area contributed by atoms with Crippen molar-refractivity contribution in [1.29, 1.82) is 0 Å². The third-order valence-corrected chi connectivity index (χ3v) is 5.54. The summed E-state index contributed by atoms with van der Waals surface area (Å²) < 4.78 is 37.3. The van der Waals surface area contributed by atoms with Crippen LogP contribution in [0, 0.1) is 0 Å². The maximum absolute atomic E-state index is 12.3. The molecule has 3 N–H and O–H groups in total. The Morgan fingerprint density at radius 1 is 1.00 bits per heavy atom. The summed E-state index contributed by atoms with van der Waals surface area (Å²) in [4.78, 5) is 4.42. The summed E-state index contributed by atoms with van der Waals surface area (Å²) >= 11 is 0. The topological polar surface area (TPSA) is 101 Å². The first-order valence-corrected chi connectivity index (χ1v) is 10.6. The average molecular weight is 548 g/mol. The minimum atomic E-state index is -3.57. The first-order valence-electron chi connectivity index (χ1n) is 9.13. The van der Waals surface area contributed by atoms with Crippen LogP contribution >= 0.6 is 24.0 Å². The molecule has 0 aromatic heterocycles. The van der Waals surface area contributed by atoms with Crippen molar-refractivity contribution >= 4 is 40.0 Å². The molecule has 0 aliphatic carbocycles. The number of aliphatic imine (C=N–C) groups is 1. The van der Waals surface area contributed by atoms with Crippen molar-refractivity contribution in [3.8, 4) is 5.75 Å². The summed E-state index contributed by atoms with van der Waals surface area (Å²) in [6, 6.07) is 14.5. The van der Waals surface area contributed by atoms with E-state index in [4.69, 9.17) is 9.47 Å². The van der Waals surface area contributed by atoms with Crippen molar-refractivity contribution in [1.82, 2.24) is 15.4 Å². The standard InChI is InChI=1S/C20H28N4O4S.HI/c1-21-20(22-14-16-6-4-8-18(12-16)28-3)23-15-17-7-5-9-19(13-17)29(25,26)24-10-11-27-2;/h4-9,12-13,24H,10-11,14-15H2,1-3H3,(H2,21,22,23);1H. The SMILES string of the molecule is CN=C(NCc1cccc(OC)c1)NCc1cccc(S(=O)(=O)NCCOC)c1.I. The molecule has 2 aromatic rings. The third kappa shape index (κ3) is 8.46. The fourth-order valence-electron chi connectivity index (χ4n) is 2.56. The van der Waals surface area contributed by atoms with Gasteiger partial charge in [-0.2, -0.15) is 0 Å².